The Kier molecular flexibility index (Phi) is 7.45. The summed E-state index contributed by atoms with van der Waals surface area (Å²) in [6.45, 7) is 1.93. The molecule has 180 valence electrons. The Morgan fingerprint density at radius 1 is 0.857 bits per heavy atom. The van der Waals surface area contributed by atoms with Crippen molar-refractivity contribution in [3.63, 3.8) is 0 Å². The molecular formula is C28H28N2O5. The molecule has 35 heavy (non-hydrogen) atoms. The number of amides is 2. The molecule has 3 N–H and O–H groups in total. The molecule has 1 aliphatic rings. The van der Waals surface area contributed by atoms with E-state index in [9.17, 15) is 14.4 Å². The fraction of sp³-hybridized carbons (Fsp3) is 0.250. The zero-order chi connectivity index (χ0) is 24.8. The van der Waals surface area contributed by atoms with Crippen molar-refractivity contribution in [2.24, 2.45) is 0 Å². The Morgan fingerprint density at radius 2 is 1.43 bits per heavy atom. The van der Waals surface area contributed by atoms with Gasteiger partial charge in [-0.2, -0.15) is 0 Å². The molecule has 0 aromatic heterocycles. The summed E-state index contributed by atoms with van der Waals surface area (Å²) in [4.78, 5) is 36.7. The maximum atomic E-state index is 12.9. The highest BCUT2D eigenvalue weighted by molar-refractivity contribution is 5.86. The van der Waals surface area contributed by atoms with Gasteiger partial charge in [-0.05, 0) is 41.2 Å². The van der Waals surface area contributed by atoms with Crippen LogP contribution in [0.25, 0.3) is 11.1 Å². The van der Waals surface area contributed by atoms with E-state index >= 15 is 0 Å². The molecule has 0 heterocycles. The van der Waals surface area contributed by atoms with Gasteiger partial charge in [-0.3, -0.25) is 9.59 Å². The van der Waals surface area contributed by atoms with E-state index in [0.29, 0.717) is 0 Å². The van der Waals surface area contributed by atoms with E-state index in [2.05, 4.69) is 22.8 Å². The lowest BCUT2D eigenvalue weighted by Gasteiger charge is -2.22. The first-order chi connectivity index (χ1) is 16.9. The molecule has 1 aliphatic carbocycles. The van der Waals surface area contributed by atoms with Gasteiger partial charge < -0.3 is 20.5 Å². The van der Waals surface area contributed by atoms with Gasteiger partial charge in [0.2, 0.25) is 5.91 Å². The molecule has 0 fully saturated rings. The molecule has 0 bridgehead atoms. The molecule has 0 aliphatic heterocycles. The molecule has 3 aromatic carbocycles. The number of benzene rings is 3. The summed E-state index contributed by atoms with van der Waals surface area (Å²) in [5.74, 6) is -1.62. The molecule has 3 aromatic rings. The third-order valence-corrected chi connectivity index (χ3v) is 6.26. The van der Waals surface area contributed by atoms with Gasteiger partial charge in [0.1, 0.15) is 12.6 Å². The van der Waals surface area contributed by atoms with E-state index in [-0.39, 0.29) is 31.4 Å². The molecule has 0 saturated carbocycles. The van der Waals surface area contributed by atoms with Gasteiger partial charge in [-0.25, -0.2) is 4.79 Å². The number of hydrogen-bond acceptors (Lipinski definition) is 4. The monoisotopic (exact) mass is 472 g/mol. The Bertz CT molecular complexity index is 1170. The summed E-state index contributed by atoms with van der Waals surface area (Å²) in [7, 11) is 0. The van der Waals surface area contributed by atoms with Crippen molar-refractivity contribution in [2.45, 2.75) is 37.8 Å². The minimum Gasteiger partial charge on any atom is -0.481 e. The van der Waals surface area contributed by atoms with E-state index in [1.807, 2.05) is 73.7 Å². The molecule has 2 amide bonds. The first kappa shape index (κ1) is 24.0. The number of nitrogens with one attached hydrogen (secondary N) is 2. The maximum Gasteiger partial charge on any atom is 0.407 e. The summed E-state index contributed by atoms with van der Waals surface area (Å²) in [6.07, 6.45) is -1.07. The number of carboxylic acids is 1. The van der Waals surface area contributed by atoms with Crippen molar-refractivity contribution in [3.8, 4) is 11.1 Å². The van der Waals surface area contributed by atoms with Crippen molar-refractivity contribution in [1.82, 2.24) is 10.6 Å². The SMILES string of the molecule is C[C@@H](NC(=O)C(CCC(=O)O)NC(=O)OCC1c2ccccc2-c2ccccc21)c1ccccc1. The zero-order valence-electron chi connectivity index (χ0n) is 19.4. The van der Waals surface area contributed by atoms with Gasteiger partial charge in [-0.1, -0.05) is 78.9 Å². The highest BCUT2D eigenvalue weighted by atomic mass is 16.5. The number of fused-ring (bicyclic) bond motifs is 3. The van der Waals surface area contributed by atoms with E-state index in [1.165, 1.54) is 0 Å². The lowest BCUT2D eigenvalue weighted by Crippen LogP contribution is -2.47. The highest BCUT2D eigenvalue weighted by Gasteiger charge is 2.30. The van der Waals surface area contributed by atoms with Crippen LogP contribution in [0.15, 0.2) is 78.9 Å². The van der Waals surface area contributed by atoms with Crippen molar-refractivity contribution in [3.05, 3.63) is 95.6 Å². The van der Waals surface area contributed by atoms with Crippen LogP contribution < -0.4 is 10.6 Å². The summed E-state index contributed by atoms with van der Waals surface area (Å²) < 4.78 is 5.54. The average molecular weight is 473 g/mol. The minimum atomic E-state index is -1.05. The van der Waals surface area contributed by atoms with Crippen LogP contribution in [-0.2, 0) is 14.3 Å². The van der Waals surface area contributed by atoms with Crippen LogP contribution >= 0.6 is 0 Å². The van der Waals surface area contributed by atoms with Crippen LogP contribution in [-0.4, -0.2) is 35.7 Å². The van der Waals surface area contributed by atoms with Crippen LogP contribution in [0.4, 0.5) is 4.79 Å². The number of hydrogen-bond donors (Lipinski definition) is 3. The number of rotatable bonds is 9. The normalized spacial score (nSPS) is 13.7. The molecule has 0 spiro atoms. The number of carboxylic acid groups (broad SMARTS) is 1. The van der Waals surface area contributed by atoms with Gasteiger partial charge in [0.15, 0.2) is 0 Å². The van der Waals surface area contributed by atoms with E-state index in [4.69, 9.17) is 9.84 Å². The van der Waals surface area contributed by atoms with E-state index in [1.54, 1.807) is 0 Å². The standard InChI is InChI=1S/C28H28N2O5/c1-18(19-9-3-2-4-10-19)29-27(33)25(15-16-26(31)32)30-28(34)35-17-24-22-13-7-5-11-20(22)21-12-6-8-14-23(21)24/h2-14,18,24-25H,15-17H2,1H3,(H,29,33)(H,30,34)(H,31,32)/t18-,25?/m1/s1. The quantitative estimate of drug-likeness (QED) is 0.421. The molecule has 1 unspecified atom stereocenters. The number of aliphatic carboxylic acids is 1. The maximum absolute atomic E-state index is 12.9. The smallest absolute Gasteiger partial charge is 0.407 e. The molecule has 2 atom stereocenters. The van der Waals surface area contributed by atoms with Crippen LogP contribution in [0, 0.1) is 0 Å². The molecule has 4 rings (SSSR count). The van der Waals surface area contributed by atoms with Crippen molar-refractivity contribution in [1.29, 1.82) is 0 Å². The topological polar surface area (TPSA) is 105 Å². The Morgan fingerprint density at radius 3 is 2.03 bits per heavy atom. The summed E-state index contributed by atoms with van der Waals surface area (Å²) in [5.41, 5.74) is 5.30. The van der Waals surface area contributed by atoms with Gasteiger partial charge in [0.25, 0.3) is 0 Å². The Balaban J connectivity index is 1.41. The molecular weight excluding hydrogens is 444 g/mol. The van der Waals surface area contributed by atoms with Gasteiger partial charge in [0, 0.05) is 12.3 Å². The fourth-order valence-electron chi connectivity index (χ4n) is 4.46. The van der Waals surface area contributed by atoms with E-state index < -0.39 is 24.0 Å². The second kappa shape index (κ2) is 10.9. The first-order valence-electron chi connectivity index (χ1n) is 11.6. The Hall–Kier alpha value is -4.13. The number of carbonyl (C=O) groups excluding carboxylic acids is 2. The summed E-state index contributed by atoms with van der Waals surface area (Å²) >= 11 is 0. The largest absolute Gasteiger partial charge is 0.481 e. The molecule has 7 heteroatoms. The molecule has 0 saturated heterocycles. The number of alkyl carbamates (subject to hydrolysis) is 1. The Labute approximate surface area is 204 Å². The zero-order valence-corrected chi connectivity index (χ0v) is 19.4. The lowest BCUT2D eigenvalue weighted by molar-refractivity contribution is -0.137. The third-order valence-electron chi connectivity index (χ3n) is 6.26. The van der Waals surface area contributed by atoms with Crippen molar-refractivity contribution < 1.29 is 24.2 Å². The second-order valence-electron chi connectivity index (χ2n) is 8.60. The minimum absolute atomic E-state index is 0.0487. The first-order valence-corrected chi connectivity index (χ1v) is 11.6. The van der Waals surface area contributed by atoms with Crippen LogP contribution in [0.2, 0.25) is 0 Å². The van der Waals surface area contributed by atoms with E-state index in [0.717, 1.165) is 27.8 Å². The molecule has 0 radical (unpaired) electrons. The van der Waals surface area contributed by atoms with Gasteiger partial charge >= 0.3 is 12.1 Å². The summed E-state index contributed by atoms with van der Waals surface area (Å²) in [5, 5.41) is 14.5. The van der Waals surface area contributed by atoms with Crippen molar-refractivity contribution >= 4 is 18.0 Å². The van der Waals surface area contributed by atoms with Gasteiger partial charge in [0.05, 0.1) is 6.04 Å². The van der Waals surface area contributed by atoms with Crippen LogP contribution in [0.1, 0.15) is 48.4 Å². The lowest BCUT2D eigenvalue weighted by atomic mass is 9.98. The molecule has 7 nitrogen and oxygen atoms in total. The predicted octanol–water partition coefficient (Wildman–Crippen LogP) is 4.64. The number of carbonyl (C=O) groups is 3. The van der Waals surface area contributed by atoms with Crippen LogP contribution in [0.5, 0.6) is 0 Å². The van der Waals surface area contributed by atoms with Crippen molar-refractivity contribution in [2.75, 3.05) is 6.61 Å². The fourth-order valence-corrected chi connectivity index (χ4v) is 4.46. The second-order valence-corrected chi connectivity index (χ2v) is 8.60. The predicted molar refractivity (Wildman–Crippen MR) is 132 cm³/mol. The third kappa shape index (κ3) is 5.69. The van der Waals surface area contributed by atoms with Gasteiger partial charge in [-0.15, -0.1) is 0 Å². The summed E-state index contributed by atoms with van der Waals surface area (Å²) in [6, 6.07) is 24.1. The number of ether oxygens (including phenoxy) is 1. The highest BCUT2D eigenvalue weighted by Crippen LogP contribution is 2.44. The van der Waals surface area contributed by atoms with Crippen LogP contribution in [0.3, 0.4) is 0 Å². The average Bonchev–Trinajstić information content (AvgIpc) is 3.19.